The third-order valence-electron chi connectivity index (χ3n) is 3.73. The number of piperazine rings is 1. The molecule has 1 aliphatic heterocycles. The molecule has 0 aromatic heterocycles. The summed E-state index contributed by atoms with van der Waals surface area (Å²) in [6.07, 6.45) is -3.69. The van der Waals surface area contributed by atoms with Gasteiger partial charge in [-0.1, -0.05) is 6.07 Å². The second-order valence-corrected chi connectivity index (χ2v) is 5.49. The van der Waals surface area contributed by atoms with E-state index in [1.54, 1.807) is 24.3 Å². The van der Waals surface area contributed by atoms with Crippen molar-refractivity contribution in [1.82, 2.24) is 9.80 Å². The van der Waals surface area contributed by atoms with Crippen LogP contribution in [-0.4, -0.2) is 68.0 Å². The number of ether oxygens (including phenoxy) is 1. The molecule has 2 rings (SSSR count). The Kier molecular flexibility index (Phi) is 5.87. The molecule has 24 heavy (non-hydrogen) atoms. The first kappa shape index (κ1) is 18.3. The fourth-order valence-corrected chi connectivity index (χ4v) is 2.38. The lowest BCUT2D eigenvalue weighted by Gasteiger charge is -2.36. The lowest BCUT2D eigenvalue weighted by molar-refractivity contribution is -0.144. The molecule has 0 aliphatic carbocycles. The normalized spacial score (nSPS) is 16.3. The smallest absolute Gasteiger partial charge is 0.321 e. The van der Waals surface area contributed by atoms with E-state index in [9.17, 15) is 22.4 Å². The Morgan fingerprint density at radius 1 is 1.29 bits per heavy atom. The van der Waals surface area contributed by atoms with Crippen LogP contribution in [0.1, 0.15) is 0 Å². The Morgan fingerprint density at radius 3 is 2.54 bits per heavy atom. The number of anilines is 1. The summed E-state index contributed by atoms with van der Waals surface area (Å²) in [6, 6.07) is 6.43. The average molecular weight is 349 g/mol. The van der Waals surface area contributed by atoms with E-state index >= 15 is 0 Å². The molecule has 1 aromatic carbocycles. The van der Waals surface area contributed by atoms with Crippen LogP contribution in [0.5, 0.6) is 5.75 Å². The van der Waals surface area contributed by atoms with Crippen LogP contribution in [0.3, 0.4) is 0 Å². The zero-order valence-corrected chi connectivity index (χ0v) is 13.1. The van der Waals surface area contributed by atoms with Gasteiger partial charge in [0.05, 0.1) is 13.7 Å². The summed E-state index contributed by atoms with van der Waals surface area (Å²) in [4.78, 5) is 14.8. The summed E-state index contributed by atoms with van der Waals surface area (Å²) in [7, 11) is 1.51. The highest BCUT2D eigenvalue weighted by Gasteiger charge is 2.42. The number of amides is 2. The van der Waals surface area contributed by atoms with Gasteiger partial charge in [-0.15, -0.1) is 0 Å². The van der Waals surface area contributed by atoms with Crippen molar-refractivity contribution in [1.29, 1.82) is 0 Å². The molecule has 2 amide bonds. The van der Waals surface area contributed by atoms with Crippen molar-refractivity contribution >= 4 is 11.7 Å². The molecule has 1 fully saturated rings. The van der Waals surface area contributed by atoms with Gasteiger partial charge in [-0.25, -0.2) is 13.6 Å². The van der Waals surface area contributed by atoms with E-state index in [-0.39, 0.29) is 32.2 Å². The Morgan fingerprint density at radius 2 is 1.96 bits per heavy atom. The maximum Gasteiger partial charge on any atom is 0.321 e. The Balaban J connectivity index is 1.84. The van der Waals surface area contributed by atoms with Crippen LogP contribution in [0.4, 0.5) is 28.0 Å². The first-order chi connectivity index (χ1) is 11.3. The molecule has 1 heterocycles. The van der Waals surface area contributed by atoms with Crippen molar-refractivity contribution < 1.29 is 27.1 Å². The first-order valence-corrected chi connectivity index (χ1v) is 7.40. The fourth-order valence-electron chi connectivity index (χ4n) is 2.38. The monoisotopic (exact) mass is 349 g/mol. The molecule has 0 saturated carbocycles. The number of rotatable bonds is 5. The number of carbonyl (C=O) groups excluding carboxylic acids is 1. The number of urea groups is 1. The molecular formula is C15H19F4N3O2. The van der Waals surface area contributed by atoms with Gasteiger partial charge in [0.15, 0.2) is 0 Å². The van der Waals surface area contributed by atoms with Crippen molar-refractivity contribution in [3.05, 3.63) is 24.3 Å². The van der Waals surface area contributed by atoms with E-state index in [1.165, 1.54) is 16.9 Å². The molecule has 0 radical (unpaired) electrons. The van der Waals surface area contributed by atoms with Gasteiger partial charge in [0.25, 0.3) is 0 Å². The van der Waals surface area contributed by atoms with Crippen molar-refractivity contribution in [3.8, 4) is 5.75 Å². The maximum atomic E-state index is 13.0. The van der Waals surface area contributed by atoms with E-state index in [1.807, 2.05) is 0 Å². The van der Waals surface area contributed by atoms with Crippen LogP contribution in [0.25, 0.3) is 0 Å². The molecule has 1 saturated heterocycles. The molecule has 0 spiro atoms. The Hall–Kier alpha value is -2.03. The van der Waals surface area contributed by atoms with Crippen LogP contribution >= 0.6 is 0 Å². The molecule has 0 unspecified atom stereocenters. The molecule has 134 valence electrons. The topological polar surface area (TPSA) is 44.8 Å². The zero-order chi connectivity index (χ0) is 17.7. The minimum atomic E-state index is -4.04. The van der Waals surface area contributed by atoms with Crippen molar-refractivity contribution in [2.24, 2.45) is 0 Å². The number of nitrogens with zero attached hydrogens (tertiary/aromatic N) is 2. The van der Waals surface area contributed by atoms with Gasteiger partial charge in [-0.05, 0) is 12.1 Å². The number of halogens is 4. The second-order valence-electron chi connectivity index (χ2n) is 5.49. The second kappa shape index (κ2) is 7.69. The number of benzene rings is 1. The van der Waals surface area contributed by atoms with E-state index in [0.717, 1.165) is 0 Å². The van der Waals surface area contributed by atoms with E-state index in [2.05, 4.69) is 5.32 Å². The van der Waals surface area contributed by atoms with Gasteiger partial charge >= 0.3 is 18.4 Å². The van der Waals surface area contributed by atoms with E-state index in [0.29, 0.717) is 11.4 Å². The molecule has 0 bridgehead atoms. The van der Waals surface area contributed by atoms with Crippen molar-refractivity contribution in [2.45, 2.75) is 12.3 Å². The van der Waals surface area contributed by atoms with Crippen LogP contribution in [0.2, 0.25) is 0 Å². The molecular weight excluding hydrogens is 330 g/mol. The summed E-state index contributed by atoms with van der Waals surface area (Å²) in [6.45, 7) is -0.387. The van der Waals surface area contributed by atoms with Crippen LogP contribution in [0.15, 0.2) is 24.3 Å². The van der Waals surface area contributed by atoms with Gasteiger partial charge in [0.1, 0.15) is 5.75 Å². The third kappa shape index (κ3) is 4.73. The third-order valence-corrected chi connectivity index (χ3v) is 3.73. The molecule has 9 heteroatoms. The van der Waals surface area contributed by atoms with Crippen LogP contribution < -0.4 is 10.1 Å². The Bertz CT molecular complexity index is 563. The highest BCUT2D eigenvalue weighted by atomic mass is 19.3. The largest absolute Gasteiger partial charge is 0.497 e. The number of alkyl halides is 4. The summed E-state index contributed by atoms with van der Waals surface area (Å²) >= 11 is 0. The first-order valence-electron chi connectivity index (χ1n) is 7.40. The highest BCUT2D eigenvalue weighted by molar-refractivity contribution is 5.89. The molecule has 1 aromatic rings. The maximum absolute atomic E-state index is 13.0. The van der Waals surface area contributed by atoms with Crippen LogP contribution in [0, 0.1) is 0 Å². The quantitative estimate of drug-likeness (QED) is 0.832. The summed E-state index contributed by atoms with van der Waals surface area (Å²) in [5.41, 5.74) is 0.547. The molecule has 5 nitrogen and oxygen atoms in total. The Labute approximate surface area is 137 Å². The van der Waals surface area contributed by atoms with Gasteiger partial charge in [0.2, 0.25) is 0 Å². The number of nitrogens with one attached hydrogen (secondary N) is 1. The SMILES string of the molecule is COc1cccc(NC(=O)N2CCN(CC(F)(F)C(F)F)CC2)c1. The van der Waals surface area contributed by atoms with E-state index < -0.39 is 18.9 Å². The van der Waals surface area contributed by atoms with Gasteiger partial charge in [-0.2, -0.15) is 8.78 Å². The number of hydrogen-bond acceptors (Lipinski definition) is 3. The standard InChI is InChI=1S/C15H19F4N3O2/c1-24-12-4-2-3-11(9-12)20-14(23)22-7-5-21(6-8-22)10-15(18,19)13(16)17/h2-4,9,13H,5-8,10H2,1H3,(H,20,23). The van der Waals surface area contributed by atoms with Gasteiger partial charge in [-0.3, -0.25) is 4.90 Å². The number of hydrogen-bond donors (Lipinski definition) is 1. The molecule has 1 N–H and O–H groups in total. The van der Waals surface area contributed by atoms with Crippen molar-refractivity contribution in [3.63, 3.8) is 0 Å². The predicted molar refractivity (Wildman–Crippen MR) is 81.0 cm³/mol. The number of carbonyl (C=O) groups is 1. The van der Waals surface area contributed by atoms with Gasteiger partial charge in [0, 0.05) is 37.9 Å². The predicted octanol–water partition coefficient (Wildman–Crippen LogP) is 2.75. The minimum Gasteiger partial charge on any atom is -0.497 e. The van der Waals surface area contributed by atoms with Crippen LogP contribution in [-0.2, 0) is 0 Å². The fraction of sp³-hybridized carbons (Fsp3) is 0.533. The average Bonchev–Trinajstić information content (AvgIpc) is 2.55. The lowest BCUT2D eigenvalue weighted by atomic mass is 10.2. The zero-order valence-electron chi connectivity index (χ0n) is 13.1. The lowest BCUT2D eigenvalue weighted by Crippen LogP contribution is -2.53. The number of methoxy groups -OCH3 is 1. The van der Waals surface area contributed by atoms with E-state index in [4.69, 9.17) is 4.74 Å². The summed E-state index contributed by atoms with van der Waals surface area (Å²) in [5.74, 6) is -3.45. The van der Waals surface area contributed by atoms with Gasteiger partial charge < -0.3 is 15.0 Å². The summed E-state index contributed by atoms with van der Waals surface area (Å²) in [5, 5.41) is 2.69. The highest BCUT2D eigenvalue weighted by Crippen LogP contribution is 2.24. The molecule has 0 atom stereocenters. The summed E-state index contributed by atoms with van der Waals surface area (Å²) < 4.78 is 55.6. The molecule has 1 aliphatic rings. The van der Waals surface area contributed by atoms with Crippen molar-refractivity contribution in [2.75, 3.05) is 45.2 Å². The minimum absolute atomic E-state index is 0.119.